The Morgan fingerprint density at radius 1 is 1.21 bits per heavy atom. The van der Waals surface area contributed by atoms with E-state index in [9.17, 15) is 14.9 Å². The molecule has 0 bridgehead atoms. The smallest absolute Gasteiger partial charge is 0.270 e. The van der Waals surface area contributed by atoms with Gasteiger partial charge < -0.3 is 10.2 Å². The summed E-state index contributed by atoms with van der Waals surface area (Å²) in [4.78, 5) is 27.6. The molecule has 0 saturated carbocycles. The van der Waals surface area contributed by atoms with E-state index in [0.29, 0.717) is 6.54 Å². The van der Waals surface area contributed by atoms with Gasteiger partial charge in [-0.3, -0.25) is 19.8 Å². The Bertz CT molecular complexity index is 880. The van der Waals surface area contributed by atoms with Crippen LogP contribution in [0.4, 0.5) is 11.4 Å². The number of non-ortho nitro benzene ring substituents is 1. The van der Waals surface area contributed by atoms with Crippen LogP contribution >= 0.6 is 11.6 Å². The molecule has 1 unspecified atom stereocenters. The van der Waals surface area contributed by atoms with Crippen molar-refractivity contribution < 1.29 is 9.72 Å². The van der Waals surface area contributed by atoms with Crippen molar-refractivity contribution in [1.29, 1.82) is 0 Å². The molecule has 1 amide bonds. The third-order valence-corrected chi connectivity index (χ3v) is 5.57. The Morgan fingerprint density at radius 3 is 2.45 bits per heavy atom. The van der Waals surface area contributed by atoms with Gasteiger partial charge in [0.25, 0.3) is 11.6 Å². The number of likely N-dealkylation sites (tertiary alicyclic amines) is 1. The summed E-state index contributed by atoms with van der Waals surface area (Å²) in [5.74, 6) is -0.409. The lowest BCUT2D eigenvalue weighted by Crippen LogP contribution is -2.37. The van der Waals surface area contributed by atoms with Gasteiger partial charge in [-0.25, -0.2) is 0 Å². The maximum Gasteiger partial charge on any atom is 0.270 e. The zero-order valence-electron chi connectivity index (χ0n) is 16.6. The lowest BCUT2D eigenvalue weighted by molar-refractivity contribution is -0.384. The predicted octanol–water partition coefficient (Wildman–Crippen LogP) is 3.88. The van der Waals surface area contributed by atoms with Crippen molar-refractivity contribution in [1.82, 2.24) is 10.2 Å². The highest BCUT2D eigenvalue weighted by molar-refractivity contribution is 6.33. The second-order valence-electron chi connectivity index (χ2n) is 7.38. The molecule has 1 aliphatic heterocycles. The number of nitro benzene ring substituents is 1. The average Bonchev–Trinajstić information content (AvgIpc) is 3.23. The Morgan fingerprint density at radius 2 is 1.86 bits per heavy atom. The van der Waals surface area contributed by atoms with Crippen LogP contribution in [0.25, 0.3) is 0 Å². The number of carbonyl (C=O) groups excluding carboxylic acids is 1. The summed E-state index contributed by atoms with van der Waals surface area (Å²) in [6.45, 7) is 2.36. The van der Waals surface area contributed by atoms with Crippen LogP contribution in [-0.4, -0.2) is 49.5 Å². The first-order valence-electron chi connectivity index (χ1n) is 9.60. The van der Waals surface area contributed by atoms with E-state index < -0.39 is 10.8 Å². The van der Waals surface area contributed by atoms with E-state index in [2.05, 4.69) is 34.5 Å². The number of amides is 1. The number of halogens is 1. The molecule has 0 aromatic heterocycles. The van der Waals surface area contributed by atoms with E-state index in [-0.39, 0.29) is 22.3 Å². The number of hydrogen-bond donors (Lipinski definition) is 1. The third kappa shape index (κ3) is 5.05. The molecule has 0 radical (unpaired) electrons. The highest BCUT2D eigenvalue weighted by atomic mass is 35.5. The second-order valence-corrected chi connectivity index (χ2v) is 7.78. The number of carbonyl (C=O) groups is 1. The normalized spacial score (nSPS) is 15.1. The highest BCUT2D eigenvalue weighted by Crippen LogP contribution is 2.27. The zero-order chi connectivity index (χ0) is 21.0. The summed E-state index contributed by atoms with van der Waals surface area (Å²) in [7, 11) is 3.99. The highest BCUT2D eigenvalue weighted by Gasteiger charge is 2.25. The summed E-state index contributed by atoms with van der Waals surface area (Å²) < 4.78 is 0. The maximum absolute atomic E-state index is 12.7. The van der Waals surface area contributed by atoms with E-state index >= 15 is 0 Å². The van der Waals surface area contributed by atoms with Crippen molar-refractivity contribution in [3.63, 3.8) is 0 Å². The van der Waals surface area contributed by atoms with Gasteiger partial charge in [0.05, 0.1) is 21.6 Å². The van der Waals surface area contributed by atoms with E-state index in [0.717, 1.165) is 37.2 Å². The summed E-state index contributed by atoms with van der Waals surface area (Å²) in [6.07, 6.45) is 2.27. The molecule has 154 valence electrons. The van der Waals surface area contributed by atoms with Crippen LogP contribution in [0.5, 0.6) is 0 Å². The third-order valence-electron chi connectivity index (χ3n) is 5.24. The largest absolute Gasteiger partial charge is 0.378 e. The standard InChI is InChI=1S/C21H25ClN4O3/c1-24(2)16-7-5-15(6-8-16)20(25-11-3-4-12-25)14-23-21(27)18-13-17(26(28)29)9-10-19(18)22/h5-10,13,20H,3-4,11-12,14H2,1-2H3,(H,23,27). The monoisotopic (exact) mass is 416 g/mol. The van der Waals surface area contributed by atoms with Crippen LogP contribution in [0, 0.1) is 10.1 Å². The van der Waals surface area contributed by atoms with Crippen LogP contribution in [0.15, 0.2) is 42.5 Å². The van der Waals surface area contributed by atoms with Crippen molar-refractivity contribution in [2.75, 3.05) is 38.6 Å². The molecule has 8 heteroatoms. The number of nitrogens with one attached hydrogen (secondary N) is 1. The van der Waals surface area contributed by atoms with Gasteiger partial charge >= 0.3 is 0 Å². The minimum atomic E-state index is -0.535. The van der Waals surface area contributed by atoms with Gasteiger partial charge in [-0.05, 0) is 49.7 Å². The first-order chi connectivity index (χ1) is 13.9. The van der Waals surface area contributed by atoms with Crippen molar-refractivity contribution in [2.24, 2.45) is 0 Å². The molecule has 2 aromatic carbocycles. The lowest BCUT2D eigenvalue weighted by Gasteiger charge is -2.28. The van der Waals surface area contributed by atoms with E-state index in [4.69, 9.17) is 11.6 Å². The summed E-state index contributed by atoms with van der Waals surface area (Å²) in [5.41, 5.74) is 2.20. The Balaban J connectivity index is 1.77. The van der Waals surface area contributed by atoms with Crippen LogP contribution < -0.4 is 10.2 Å². The second kappa shape index (κ2) is 9.24. The molecule has 29 heavy (non-hydrogen) atoms. The number of hydrogen-bond acceptors (Lipinski definition) is 5. The fraction of sp³-hybridized carbons (Fsp3) is 0.381. The molecule has 2 aromatic rings. The molecule has 0 aliphatic carbocycles. The lowest BCUT2D eigenvalue weighted by atomic mass is 10.0. The van der Waals surface area contributed by atoms with Gasteiger partial charge in [-0.15, -0.1) is 0 Å². The summed E-state index contributed by atoms with van der Waals surface area (Å²) >= 11 is 6.10. The Kier molecular flexibility index (Phi) is 6.71. The average molecular weight is 417 g/mol. The molecule has 1 aliphatic rings. The molecule has 7 nitrogen and oxygen atoms in total. The molecule has 1 atom stereocenters. The van der Waals surface area contributed by atoms with Crippen LogP contribution in [0.3, 0.4) is 0 Å². The number of rotatable bonds is 7. The van der Waals surface area contributed by atoms with Gasteiger partial charge in [0.1, 0.15) is 0 Å². The zero-order valence-corrected chi connectivity index (χ0v) is 17.4. The number of benzene rings is 2. The van der Waals surface area contributed by atoms with Crippen molar-refractivity contribution in [3.8, 4) is 0 Å². The van der Waals surface area contributed by atoms with Crippen LogP contribution in [0.1, 0.15) is 34.8 Å². The predicted molar refractivity (Wildman–Crippen MR) is 115 cm³/mol. The molecule has 1 saturated heterocycles. The summed E-state index contributed by atoms with van der Waals surface area (Å²) in [6, 6.07) is 12.2. The first-order valence-corrected chi connectivity index (χ1v) is 9.98. The van der Waals surface area contributed by atoms with Gasteiger partial charge in [0.2, 0.25) is 0 Å². The SMILES string of the molecule is CN(C)c1ccc(C(CNC(=O)c2cc([N+](=O)[O-])ccc2Cl)N2CCCC2)cc1. The van der Waals surface area contributed by atoms with Crippen LogP contribution in [-0.2, 0) is 0 Å². The number of nitrogens with zero attached hydrogens (tertiary/aromatic N) is 3. The van der Waals surface area contributed by atoms with E-state index in [1.807, 2.05) is 19.0 Å². The van der Waals surface area contributed by atoms with Gasteiger partial charge in [0, 0.05) is 38.5 Å². The molecule has 1 heterocycles. The molecular formula is C21H25ClN4O3. The van der Waals surface area contributed by atoms with E-state index in [1.54, 1.807) is 0 Å². The quantitative estimate of drug-likeness (QED) is 0.547. The minimum absolute atomic E-state index is 0.0372. The van der Waals surface area contributed by atoms with Crippen molar-refractivity contribution in [2.45, 2.75) is 18.9 Å². The molecule has 3 rings (SSSR count). The number of anilines is 1. The minimum Gasteiger partial charge on any atom is -0.378 e. The maximum atomic E-state index is 12.7. The Hall–Kier alpha value is -2.64. The fourth-order valence-electron chi connectivity index (χ4n) is 3.59. The van der Waals surface area contributed by atoms with Crippen LogP contribution in [0.2, 0.25) is 5.02 Å². The van der Waals surface area contributed by atoms with Gasteiger partial charge in [0.15, 0.2) is 0 Å². The summed E-state index contributed by atoms with van der Waals surface area (Å²) in [5, 5.41) is 14.1. The van der Waals surface area contributed by atoms with Gasteiger partial charge in [-0.2, -0.15) is 0 Å². The van der Waals surface area contributed by atoms with Crippen molar-refractivity contribution >= 4 is 28.9 Å². The number of nitro groups is 1. The topological polar surface area (TPSA) is 78.7 Å². The molecule has 0 spiro atoms. The first kappa shape index (κ1) is 21.1. The molecule has 1 fully saturated rings. The van der Waals surface area contributed by atoms with Crippen molar-refractivity contribution in [3.05, 3.63) is 68.7 Å². The van der Waals surface area contributed by atoms with Gasteiger partial charge in [-0.1, -0.05) is 23.7 Å². The Labute approximate surface area is 175 Å². The molecular weight excluding hydrogens is 392 g/mol. The van der Waals surface area contributed by atoms with E-state index in [1.165, 1.54) is 18.2 Å². The fourth-order valence-corrected chi connectivity index (χ4v) is 3.79. The molecule has 1 N–H and O–H groups in total.